The highest BCUT2D eigenvalue weighted by atomic mass is 16.5. The molecule has 0 aromatic rings. The predicted molar refractivity (Wildman–Crippen MR) is 232 cm³/mol. The Balaban J connectivity index is 3.53. The number of allylic oxidation sites excluding steroid dienone is 5. The molecule has 316 valence electrons. The van der Waals surface area contributed by atoms with Crippen molar-refractivity contribution in [3.05, 3.63) is 36.5 Å². The molecule has 0 aliphatic rings. The van der Waals surface area contributed by atoms with Gasteiger partial charge in [-0.1, -0.05) is 185 Å². The van der Waals surface area contributed by atoms with Crippen LogP contribution in [0.25, 0.3) is 0 Å². The number of aliphatic hydroxyl groups is 2. The highest BCUT2D eigenvalue weighted by molar-refractivity contribution is 5.76. The van der Waals surface area contributed by atoms with Crippen LogP contribution in [0.5, 0.6) is 0 Å². The fourth-order valence-corrected chi connectivity index (χ4v) is 6.78. The minimum atomic E-state index is -0.852. The van der Waals surface area contributed by atoms with E-state index >= 15 is 0 Å². The van der Waals surface area contributed by atoms with Gasteiger partial charge >= 0.3 is 5.97 Å². The van der Waals surface area contributed by atoms with Crippen molar-refractivity contribution >= 4 is 11.9 Å². The number of amides is 1. The average Bonchev–Trinajstić information content (AvgIpc) is 3.17. The van der Waals surface area contributed by atoms with E-state index in [0.29, 0.717) is 19.4 Å². The molecular formula is C48H89NO5. The molecule has 0 aliphatic carbocycles. The largest absolute Gasteiger partial charge is 0.466 e. The van der Waals surface area contributed by atoms with Gasteiger partial charge in [0.15, 0.2) is 0 Å². The smallest absolute Gasteiger partial charge is 0.305 e. The molecule has 2 unspecified atom stereocenters. The van der Waals surface area contributed by atoms with Crippen molar-refractivity contribution in [1.82, 2.24) is 5.32 Å². The van der Waals surface area contributed by atoms with Crippen LogP contribution in [0.4, 0.5) is 0 Å². The third-order valence-electron chi connectivity index (χ3n) is 10.4. The van der Waals surface area contributed by atoms with Gasteiger partial charge in [0.1, 0.15) is 0 Å². The summed E-state index contributed by atoms with van der Waals surface area (Å²) in [5.74, 6) is -0.106. The van der Waals surface area contributed by atoms with Crippen molar-refractivity contribution in [1.29, 1.82) is 0 Å². The molecule has 6 heteroatoms. The molecule has 0 bridgehead atoms. The minimum Gasteiger partial charge on any atom is -0.466 e. The van der Waals surface area contributed by atoms with Crippen LogP contribution in [0.3, 0.4) is 0 Å². The molecule has 0 aromatic carbocycles. The summed E-state index contributed by atoms with van der Waals surface area (Å²) >= 11 is 0. The Kier molecular flexibility index (Phi) is 42.2. The van der Waals surface area contributed by atoms with E-state index in [2.05, 4.69) is 43.5 Å². The van der Waals surface area contributed by atoms with E-state index in [0.717, 1.165) is 83.5 Å². The Hall–Kier alpha value is -1.92. The van der Waals surface area contributed by atoms with Gasteiger partial charge in [-0.05, 0) is 70.6 Å². The van der Waals surface area contributed by atoms with Gasteiger partial charge in [-0.15, -0.1) is 0 Å². The first-order chi connectivity index (χ1) is 26.5. The zero-order chi connectivity index (χ0) is 39.4. The summed E-state index contributed by atoms with van der Waals surface area (Å²) in [6.07, 6.45) is 51.4. The van der Waals surface area contributed by atoms with Crippen LogP contribution in [-0.4, -0.2) is 47.4 Å². The highest BCUT2D eigenvalue weighted by Crippen LogP contribution is 2.14. The standard InChI is InChI=1S/C48H89NO5/c1-3-5-7-9-11-13-21-26-30-34-38-42-48(53)54-43-39-35-31-27-23-20-18-16-14-15-17-19-22-25-29-33-37-41-47(52)49-45(44-50)46(51)40-36-32-28-24-12-10-8-6-4-2/h14,16,20,23,36,40,45-46,50-51H,3-13,15,17-19,21-22,24-35,37-39,41-44H2,1-2H3,(H,49,52)/b16-14-,23-20-,40-36+. The normalized spacial score (nSPS) is 13.0. The zero-order valence-electron chi connectivity index (χ0n) is 35.7. The molecule has 2 atom stereocenters. The molecule has 0 saturated heterocycles. The van der Waals surface area contributed by atoms with Crippen LogP contribution in [0.15, 0.2) is 36.5 Å². The van der Waals surface area contributed by atoms with Crippen LogP contribution in [0, 0.1) is 0 Å². The molecule has 0 saturated carbocycles. The first-order valence-corrected chi connectivity index (χ1v) is 23.3. The maximum absolute atomic E-state index is 12.3. The van der Waals surface area contributed by atoms with Gasteiger partial charge < -0.3 is 20.3 Å². The van der Waals surface area contributed by atoms with Crippen molar-refractivity contribution < 1.29 is 24.5 Å². The molecule has 0 fully saturated rings. The third kappa shape index (κ3) is 39.8. The van der Waals surface area contributed by atoms with Crippen molar-refractivity contribution in [2.24, 2.45) is 0 Å². The van der Waals surface area contributed by atoms with E-state index < -0.39 is 12.1 Å². The lowest BCUT2D eigenvalue weighted by atomic mass is 10.1. The molecule has 0 spiro atoms. The fourth-order valence-electron chi connectivity index (χ4n) is 6.78. The summed E-state index contributed by atoms with van der Waals surface area (Å²) in [7, 11) is 0. The summed E-state index contributed by atoms with van der Waals surface area (Å²) in [5, 5.41) is 22.8. The lowest BCUT2D eigenvalue weighted by molar-refractivity contribution is -0.143. The highest BCUT2D eigenvalue weighted by Gasteiger charge is 2.18. The molecule has 0 aliphatic heterocycles. The lowest BCUT2D eigenvalue weighted by Crippen LogP contribution is -2.45. The predicted octanol–water partition coefficient (Wildman–Crippen LogP) is 13.3. The molecule has 54 heavy (non-hydrogen) atoms. The molecule has 6 nitrogen and oxygen atoms in total. The number of unbranched alkanes of at least 4 members (excludes halogenated alkanes) is 27. The second-order valence-electron chi connectivity index (χ2n) is 15.7. The number of nitrogens with one attached hydrogen (secondary N) is 1. The molecule has 3 N–H and O–H groups in total. The summed E-state index contributed by atoms with van der Waals surface area (Å²) in [6, 6.07) is -0.637. The van der Waals surface area contributed by atoms with E-state index in [-0.39, 0.29) is 18.5 Å². The van der Waals surface area contributed by atoms with Crippen LogP contribution in [0.1, 0.15) is 232 Å². The Labute approximate surface area is 334 Å². The number of carbonyl (C=O) groups is 2. The third-order valence-corrected chi connectivity index (χ3v) is 10.4. The van der Waals surface area contributed by atoms with Crippen LogP contribution < -0.4 is 5.32 Å². The number of carbonyl (C=O) groups excluding carboxylic acids is 2. The maximum atomic E-state index is 12.3. The second-order valence-corrected chi connectivity index (χ2v) is 15.7. The summed E-state index contributed by atoms with van der Waals surface area (Å²) in [4.78, 5) is 24.3. The Morgan fingerprint density at radius 3 is 1.41 bits per heavy atom. The van der Waals surface area contributed by atoms with E-state index in [4.69, 9.17) is 4.74 Å². The van der Waals surface area contributed by atoms with Gasteiger partial charge in [-0.25, -0.2) is 0 Å². The summed E-state index contributed by atoms with van der Waals surface area (Å²) in [6.45, 7) is 4.81. The van der Waals surface area contributed by atoms with Gasteiger partial charge in [-0.2, -0.15) is 0 Å². The fraction of sp³-hybridized carbons (Fsp3) is 0.833. The van der Waals surface area contributed by atoms with Crippen molar-refractivity contribution in [2.45, 2.75) is 244 Å². The molecule has 0 radical (unpaired) electrons. The van der Waals surface area contributed by atoms with Gasteiger partial charge in [0, 0.05) is 12.8 Å². The Morgan fingerprint density at radius 2 is 0.926 bits per heavy atom. The average molecular weight is 760 g/mol. The summed E-state index contributed by atoms with van der Waals surface area (Å²) in [5.41, 5.74) is 0. The van der Waals surface area contributed by atoms with E-state index in [9.17, 15) is 19.8 Å². The van der Waals surface area contributed by atoms with Gasteiger partial charge in [-0.3, -0.25) is 9.59 Å². The number of hydrogen-bond donors (Lipinski definition) is 3. The number of hydrogen-bond acceptors (Lipinski definition) is 5. The van der Waals surface area contributed by atoms with Crippen molar-refractivity contribution in [2.75, 3.05) is 13.2 Å². The number of aliphatic hydroxyl groups excluding tert-OH is 2. The van der Waals surface area contributed by atoms with Gasteiger partial charge in [0.25, 0.3) is 0 Å². The van der Waals surface area contributed by atoms with E-state index in [1.54, 1.807) is 6.08 Å². The topological polar surface area (TPSA) is 95.9 Å². The molecular weight excluding hydrogens is 671 g/mol. The first kappa shape index (κ1) is 52.1. The molecule has 0 heterocycles. The minimum absolute atomic E-state index is 0.0180. The Morgan fingerprint density at radius 1 is 0.519 bits per heavy atom. The SMILES string of the molecule is CCCCCCCCC/C=C/C(O)C(CO)NC(=O)CCCCCCCCC/C=C\C/C=C\CCCCCOC(=O)CCCCCCCCCCCCC. The molecule has 0 rings (SSSR count). The van der Waals surface area contributed by atoms with Gasteiger partial charge in [0.05, 0.1) is 25.4 Å². The number of ether oxygens (including phenoxy) is 1. The van der Waals surface area contributed by atoms with Crippen LogP contribution >= 0.6 is 0 Å². The Bertz CT molecular complexity index is 884. The quantitative estimate of drug-likeness (QED) is 0.0327. The van der Waals surface area contributed by atoms with Crippen LogP contribution in [0.2, 0.25) is 0 Å². The van der Waals surface area contributed by atoms with E-state index in [1.807, 2.05) is 6.08 Å². The molecule has 0 aromatic heterocycles. The molecule has 1 amide bonds. The monoisotopic (exact) mass is 760 g/mol. The van der Waals surface area contributed by atoms with Crippen LogP contribution in [-0.2, 0) is 14.3 Å². The second kappa shape index (κ2) is 43.8. The maximum Gasteiger partial charge on any atom is 0.305 e. The van der Waals surface area contributed by atoms with Crippen molar-refractivity contribution in [3.63, 3.8) is 0 Å². The number of esters is 1. The lowest BCUT2D eigenvalue weighted by Gasteiger charge is -2.20. The number of rotatable bonds is 42. The van der Waals surface area contributed by atoms with E-state index in [1.165, 1.54) is 122 Å². The summed E-state index contributed by atoms with van der Waals surface area (Å²) < 4.78 is 5.42. The van der Waals surface area contributed by atoms with Gasteiger partial charge in [0.2, 0.25) is 5.91 Å². The first-order valence-electron chi connectivity index (χ1n) is 23.3. The zero-order valence-corrected chi connectivity index (χ0v) is 35.7. The van der Waals surface area contributed by atoms with Crippen molar-refractivity contribution in [3.8, 4) is 0 Å².